The molecule has 90 valence electrons. The third-order valence-electron chi connectivity index (χ3n) is 2.57. The fourth-order valence-electron chi connectivity index (χ4n) is 1.37. The number of carbonyl (C=O) groups is 1. The molecule has 0 aliphatic carbocycles. The van der Waals surface area contributed by atoms with Crippen molar-refractivity contribution in [3.63, 3.8) is 0 Å². The van der Waals surface area contributed by atoms with E-state index in [1.807, 2.05) is 0 Å². The first-order valence-corrected chi connectivity index (χ1v) is 7.09. The third-order valence-corrected chi connectivity index (χ3v) is 3.27. The number of unbranched alkanes of at least 4 members (excludes halogenated alkanes) is 3. The van der Waals surface area contributed by atoms with Crippen molar-refractivity contribution < 1.29 is 4.79 Å². The lowest BCUT2D eigenvalue weighted by Gasteiger charge is -2.19. The molecule has 0 aromatic rings. The Morgan fingerprint density at radius 1 is 1.27 bits per heavy atom. The summed E-state index contributed by atoms with van der Waals surface area (Å²) in [6.07, 6.45) is 5.32. The van der Waals surface area contributed by atoms with Gasteiger partial charge in [-0.2, -0.15) is 0 Å². The van der Waals surface area contributed by atoms with Crippen molar-refractivity contribution in [1.29, 1.82) is 0 Å². The summed E-state index contributed by atoms with van der Waals surface area (Å²) in [6.45, 7) is 6.44. The molecule has 15 heavy (non-hydrogen) atoms. The fourth-order valence-corrected chi connectivity index (χ4v) is 2.28. The minimum Gasteiger partial charge on any atom is -0.352 e. The number of alkyl halides is 1. The van der Waals surface area contributed by atoms with Crippen LogP contribution < -0.4 is 5.32 Å². The van der Waals surface area contributed by atoms with E-state index in [-0.39, 0.29) is 11.9 Å². The van der Waals surface area contributed by atoms with E-state index in [1.165, 1.54) is 19.3 Å². The Morgan fingerprint density at radius 2 is 1.93 bits per heavy atom. The van der Waals surface area contributed by atoms with Crippen LogP contribution in [0.25, 0.3) is 0 Å². The van der Waals surface area contributed by atoms with Crippen LogP contribution in [0, 0.1) is 5.92 Å². The highest BCUT2D eigenvalue weighted by molar-refractivity contribution is 9.09. The Bertz CT molecular complexity index is 171. The molecule has 1 N–H and O–H groups in total. The van der Waals surface area contributed by atoms with E-state index in [9.17, 15) is 4.79 Å². The predicted molar refractivity (Wildman–Crippen MR) is 69.3 cm³/mol. The maximum atomic E-state index is 11.5. The van der Waals surface area contributed by atoms with Gasteiger partial charge in [0.05, 0.1) is 0 Å². The van der Waals surface area contributed by atoms with E-state index in [4.69, 9.17) is 0 Å². The number of carbonyl (C=O) groups excluding carboxylic acids is 1. The minimum atomic E-state index is 0.198. The number of hydrogen-bond donors (Lipinski definition) is 1. The smallest absolute Gasteiger partial charge is 0.220 e. The molecule has 0 aromatic heterocycles. The number of nitrogens with one attached hydrogen (secondary N) is 1. The van der Waals surface area contributed by atoms with E-state index in [2.05, 4.69) is 42.0 Å². The van der Waals surface area contributed by atoms with Gasteiger partial charge >= 0.3 is 0 Å². The van der Waals surface area contributed by atoms with E-state index < -0.39 is 0 Å². The van der Waals surface area contributed by atoms with Gasteiger partial charge in [0.2, 0.25) is 5.91 Å². The Hall–Kier alpha value is -0.0500. The first-order chi connectivity index (χ1) is 7.11. The summed E-state index contributed by atoms with van der Waals surface area (Å²) in [7, 11) is 0. The van der Waals surface area contributed by atoms with Crippen LogP contribution in [0.1, 0.15) is 52.9 Å². The second kappa shape index (κ2) is 9.20. The second-order valence-electron chi connectivity index (χ2n) is 4.38. The van der Waals surface area contributed by atoms with Gasteiger partial charge in [-0.15, -0.1) is 0 Å². The van der Waals surface area contributed by atoms with Gasteiger partial charge in [-0.05, 0) is 12.3 Å². The highest BCUT2D eigenvalue weighted by Crippen LogP contribution is 2.07. The SMILES string of the molecule is CCCCCCC(=O)NC(CBr)C(C)C. The predicted octanol–water partition coefficient (Wildman–Crippen LogP) is 3.49. The number of hydrogen-bond acceptors (Lipinski definition) is 1. The van der Waals surface area contributed by atoms with Crippen LogP contribution in [0.5, 0.6) is 0 Å². The number of rotatable bonds is 8. The zero-order chi connectivity index (χ0) is 11.7. The topological polar surface area (TPSA) is 29.1 Å². The van der Waals surface area contributed by atoms with E-state index >= 15 is 0 Å². The molecule has 2 nitrogen and oxygen atoms in total. The average molecular weight is 278 g/mol. The molecule has 0 rings (SSSR count). The van der Waals surface area contributed by atoms with Crippen molar-refractivity contribution >= 4 is 21.8 Å². The molecule has 0 saturated heterocycles. The summed E-state index contributed by atoms with van der Waals surface area (Å²) in [6, 6.07) is 0.267. The van der Waals surface area contributed by atoms with E-state index in [0.29, 0.717) is 12.3 Å². The monoisotopic (exact) mass is 277 g/mol. The van der Waals surface area contributed by atoms with Crippen molar-refractivity contribution in [2.75, 3.05) is 5.33 Å². The lowest BCUT2D eigenvalue weighted by Crippen LogP contribution is -2.39. The molecule has 0 saturated carbocycles. The average Bonchev–Trinajstić information content (AvgIpc) is 2.20. The van der Waals surface area contributed by atoms with Crippen LogP contribution >= 0.6 is 15.9 Å². The van der Waals surface area contributed by atoms with Gasteiger partial charge in [0.15, 0.2) is 0 Å². The Labute approximate surface area is 102 Å². The molecule has 1 atom stereocenters. The zero-order valence-corrected chi connectivity index (χ0v) is 11.8. The maximum absolute atomic E-state index is 11.5. The summed E-state index contributed by atoms with van der Waals surface area (Å²) in [4.78, 5) is 11.5. The van der Waals surface area contributed by atoms with Crippen LogP contribution in [-0.2, 0) is 4.79 Å². The normalized spacial score (nSPS) is 12.9. The van der Waals surface area contributed by atoms with E-state index in [0.717, 1.165) is 11.8 Å². The molecule has 0 aliphatic heterocycles. The quantitative estimate of drug-likeness (QED) is 0.534. The Balaban J connectivity index is 3.62. The number of amides is 1. The lowest BCUT2D eigenvalue weighted by molar-refractivity contribution is -0.122. The van der Waals surface area contributed by atoms with Crippen molar-refractivity contribution in [3.05, 3.63) is 0 Å². The largest absolute Gasteiger partial charge is 0.352 e. The molecule has 0 heterocycles. The van der Waals surface area contributed by atoms with Crippen LogP contribution in [0.4, 0.5) is 0 Å². The molecule has 0 spiro atoms. The second-order valence-corrected chi connectivity index (χ2v) is 5.03. The number of halogens is 1. The van der Waals surface area contributed by atoms with Gasteiger partial charge in [0.25, 0.3) is 0 Å². The van der Waals surface area contributed by atoms with Gasteiger partial charge in [-0.3, -0.25) is 4.79 Å². The summed E-state index contributed by atoms with van der Waals surface area (Å²) < 4.78 is 0. The highest BCUT2D eigenvalue weighted by atomic mass is 79.9. The highest BCUT2D eigenvalue weighted by Gasteiger charge is 2.13. The van der Waals surface area contributed by atoms with Crippen molar-refractivity contribution in [1.82, 2.24) is 5.32 Å². The van der Waals surface area contributed by atoms with Crippen molar-refractivity contribution in [3.8, 4) is 0 Å². The summed E-state index contributed by atoms with van der Waals surface area (Å²) in [5.74, 6) is 0.688. The van der Waals surface area contributed by atoms with Crippen LogP contribution in [0.3, 0.4) is 0 Å². The lowest BCUT2D eigenvalue weighted by atomic mass is 10.1. The molecule has 1 unspecified atom stereocenters. The summed E-state index contributed by atoms with van der Waals surface area (Å²) in [5.41, 5.74) is 0. The van der Waals surface area contributed by atoms with Crippen LogP contribution in [0.15, 0.2) is 0 Å². The Kier molecular flexibility index (Phi) is 9.17. The van der Waals surface area contributed by atoms with Gasteiger partial charge < -0.3 is 5.32 Å². The molecule has 1 amide bonds. The minimum absolute atomic E-state index is 0.198. The maximum Gasteiger partial charge on any atom is 0.220 e. The van der Waals surface area contributed by atoms with Gasteiger partial charge in [0.1, 0.15) is 0 Å². The molecule has 0 aliphatic rings. The Morgan fingerprint density at radius 3 is 2.40 bits per heavy atom. The first-order valence-electron chi connectivity index (χ1n) is 5.97. The third kappa shape index (κ3) is 7.83. The summed E-state index contributed by atoms with van der Waals surface area (Å²) in [5, 5.41) is 3.90. The molecule has 0 fully saturated rings. The standard InChI is InChI=1S/C12H24BrNO/c1-4-5-6-7-8-12(15)14-11(9-13)10(2)3/h10-11H,4-9H2,1-3H3,(H,14,15). The van der Waals surface area contributed by atoms with Gasteiger partial charge in [-0.1, -0.05) is 56.0 Å². The molecule has 0 aromatic carbocycles. The molecule has 0 bridgehead atoms. The fraction of sp³-hybridized carbons (Fsp3) is 0.917. The van der Waals surface area contributed by atoms with Crippen LogP contribution in [0.2, 0.25) is 0 Å². The van der Waals surface area contributed by atoms with E-state index in [1.54, 1.807) is 0 Å². The zero-order valence-electron chi connectivity index (χ0n) is 10.2. The van der Waals surface area contributed by atoms with Gasteiger partial charge in [0, 0.05) is 17.8 Å². The van der Waals surface area contributed by atoms with Crippen molar-refractivity contribution in [2.24, 2.45) is 5.92 Å². The first kappa shape index (κ1) is 14.9. The van der Waals surface area contributed by atoms with Gasteiger partial charge in [-0.25, -0.2) is 0 Å². The van der Waals surface area contributed by atoms with Crippen LogP contribution in [-0.4, -0.2) is 17.3 Å². The molecule has 3 heteroatoms. The molecular formula is C12H24BrNO. The molecular weight excluding hydrogens is 254 g/mol. The van der Waals surface area contributed by atoms with Crippen molar-refractivity contribution in [2.45, 2.75) is 58.9 Å². The molecule has 0 radical (unpaired) electrons. The summed E-state index contributed by atoms with van der Waals surface area (Å²) >= 11 is 3.42.